The maximum atomic E-state index is 12.0. The molecule has 0 amide bonds. The van der Waals surface area contributed by atoms with Crippen LogP contribution in [-0.2, 0) is 4.79 Å². The number of carboxylic acids is 1. The van der Waals surface area contributed by atoms with E-state index in [0.29, 0.717) is 11.1 Å². The number of halogens is 1. The third kappa shape index (κ3) is 2.38. The zero-order chi connectivity index (χ0) is 15.0. The van der Waals surface area contributed by atoms with Crippen LogP contribution >= 0.6 is 0 Å². The van der Waals surface area contributed by atoms with Crippen molar-refractivity contribution >= 4 is 17.1 Å². The summed E-state index contributed by atoms with van der Waals surface area (Å²) < 4.78 is 17.0. The second-order valence-electron chi connectivity index (χ2n) is 4.83. The number of carboxylic acid groups (broad SMARTS) is 1. The van der Waals surface area contributed by atoms with E-state index < -0.39 is 11.9 Å². The largest absolute Gasteiger partial charge is 0.481 e. The summed E-state index contributed by atoms with van der Waals surface area (Å²) in [6, 6.07) is 10.4. The quantitative estimate of drug-likeness (QED) is 0.612. The lowest BCUT2D eigenvalue weighted by molar-refractivity contribution is -0.138. The van der Waals surface area contributed by atoms with Crippen LogP contribution < -0.4 is 0 Å². The molecular weight excluding hydrogens is 273 g/mol. The van der Waals surface area contributed by atoms with Gasteiger partial charge in [0.2, 0.25) is 0 Å². The van der Waals surface area contributed by atoms with Crippen molar-refractivity contribution in [2.75, 3.05) is 0 Å². The standard InChI is InChI=1S/C10H9NO3.C6H3F/c1-6(10(12)13)7-2-3-9-8(4-7)11-5-14-9;7-6-3-4-1-2-5(4)6/h2-6H,1H3,(H,12,13);1-3H. The summed E-state index contributed by atoms with van der Waals surface area (Å²) in [7, 11) is 0. The van der Waals surface area contributed by atoms with Gasteiger partial charge in [0.15, 0.2) is 12.0 Å². The number of rotatable bonds is 2. The maximum Gasteiger partial charge on any atom is 0.310 e. The Hall–Kier alpha value is -2.69. The topological polar surface area (TPSA) is 63.3 Å². The number of aliphatic carboxylic acids is 1. The van der Waals surface area contributed by atoms with E-state index in [4.69, 9.17) is 9.52 Å². The van der Waals surface area contributed by atoms with Crippen LogP contribution in [0.15, 0.2) is 47.2 Å². The molecule has 1 unspecified atom stereocenters. The van der Waals surface area contributed by atoms with Crippen molar-refractivity contribution in [3.63, 3.8) is 0 Å². The van der Waals surface area contributed by atoms with Crippen LogP contribution in [0.25, 0.3) is 11.1 Å². The van der Waals surface area contributed by atoms with Crippen molar-refractivity contribution in [1.29, 1.82) is 0 Å². The highest BCUT2D eigenvalue weighted by atomic mass is 19.1. The summed E-state index contributed by atoms with van der Waals surface area (Å²) in [6.07, 6.45) is 1.35. The lowest BCUT2D eigenvalue weighted by Crippen LogP contribution is -2.06. The number of nitrogens with zero attached hydrogens (tertiary/aromatic N) is 1. The van der Waals surface area contributed by atoms with Crippen molar-refractivity contribution in [3.8, 4) is 0 Å². The number of fused-ring (bicyclic) bond motifs is 1. The zero-order valence-corrected chi connectivity index (χ0v) is 11.2. The van der Waals surface area contributed by atoms with E-state index in [1.165, 1.54) is 12.5 Å². The van der Waals surface area contributed by atoms with E-state index >= 15 is 0 Å². The number of hydrogen-bond acceptors (Lipinski definition) is 3. The fourth-order valence-corrected chi connectivity index (χ4v) is 2.03. The molecule has 2 aliphatic carbocycles. The molecule has 4 rings (SSSR count). The smallest absolute Gasteiger partial charge is 0.310 e. The highest BCUT2D eigenvalue weighted by molar-refractivity contribution is 5.79. The first-order valence-corrected chi connectivity index (χ1v) is 6.42. The molecule has 0 aliphatic heterocycles. The first kappa shape index (κ1) is 13.3. The summed E-state index contributed by atoms with van der Waals surface area (Å²) in [6.45, 7) is 1.64. The average molecular weight is 285 g/mol. The third-order valence-electron chi connectivity index (χ3n) is 3.50. The van der Waals surface area contributed by atoms with Crippen LogP contribution in [0, 0.1) is 16.3 Å². The van der Waals surface area contributed by atoms with Gasteiger partial charge < -0.3 is 9.52 Å². The number of oxazole rings is 1. The zero-order valence-electron chi connectivity index (χ0n) is 11.2. The van der Waals surface area contributed by atoms with Crippen molar-refractivity contribution in [2.24, 2.45) is 0 Å². The van der Waals surface area contributed by atoms with Crippen LogP contribution in [0.1, 0.15) is 18.4 Å². The molecule has 0 radical (unpaired) electrons. The average Bonchev–Trinajstić information content (AvgIpc) is 2.91. The number of carbonyl (C=O) groups is 1. The minimum absolute atomic E-state index is 0.0579. The highest BCUT2D eigenvalue weighted by Gasteiger charge is 2.14. The first-order chi connectivity index (χ1) is 10.1. The summed E-state index contributed by atoms with van der Waals surface area (Å²) in [5.74, 6) is -1.42. The molecule has 0 fully saturated rings. The monoisotopic (exact) mass is 285 g/mol. The molecule has 106 valence electrons. The maximum absolute atomic E-state index is 12.0. The first-order valence-electron chi connectivity index (χ1n) is 6.42. The van der Waals surface area contributed by atoms with Gasteiger partial charge in [-0.2, -0.15) is 0 Å². The lowest BCUT2D eigenvalue weighted by atomic mass is 10.0. The van der Waals surface area contributed by atoms with E-state index in [1.54, 1.807) is 31.2 Å². The van der Waals surface area contributed by atoms with Crippen molar-refractivity contribution in [1.82, 2.24) is 4.98 Å². The van der Waals surface area contributed by atoms with Crippen LogP contribution in [0.4, 0.5) is 4.39 Å². The van der Waals surface area contributed by atoms with E-state index in [-0.39, 0.29) is 5.82 Å². The molecule has 1 N–H and O–H groups in total. The van der Waals surface area contributed by atoms with Gasteiger partial charge in [0.25, 0.3) is 0 Å². The Balaban J connectivity index is 0.000000156. The van der Waals surface area contributed by atoms with Gasteiger partial charge in [0, 0.05) is 5.22 Å². The predicted octanol–water partition coefficient (Wildman–Crippen LogP) is 3.44. The predicted molar refractivity (Wildman–Crippen MR) is 74.1 cm³/mol. The molecule has 1 atom stereocenters. The van der Waals surface area contributed by atoms with Gasteiger partial charge in [-0.25, -0.2) is 9.37 Å². The van der Waals surface area contributed by atoms with Crippen LogP contribution in [0.3, 0.4) is 0 Å². The Labute approximate surface area is 119 Å². The normalized spacial score (nSPS) is 12.5. The molecule has 4 nitrogen and oxygen atoms in total. The highest BCUT2D eigenvalue weighted by Crippen LogP contribution is 2.20. The van der Waals surface area contributed by atoms with E-state index in [0.717, 1.165) is 16.0 Å². The second kappa shape index (κ2) is 5.01. The van der Waals surface area contributed by atoms with Gasteiger partial charge in [0.1, 0.15) is 11.3 Å². The van der Waals surface area contributed by atoms with Gasteiger partial charge in [-0.15, -0.1) is 0 Å². The molecule has 2 aromatic rings. The van der Waals surface area contributed by atoms with Crippen molar-refractivity contribution in [2.45, 2.75) is 12.8 Å². The summed E-state index contributed by atoms with van der Waals surface area (Å²) in [4.78, 5) is 14.7. The van der Waals surface area contributed by atoms with Crippen LogP contribution in [0.5, 0.6) is 0 Å². The molecule has 21 heavy (non-hydrogen) atoms. The SMILES string of the molecule is CC(C(=O)O)c1ccc2ocnc2c1.Fc1cc2ccc1=2. The van der Waals surface area contributed by atoms with Gasteiger partial charge in [0.05, 0.1) is 5.92 Å². The molecule has 1 heterocycles. The molecular formula is C16H12FNO3. The number of hydrogen-bond donors (Lipinski definition) is 1. The second-order valence-corrected chi connectivity index (χ2v) is 4.83. The van der Waals surface area contributed by atoms with Gasteiger partial charge in [-0.05, 0) is 35.9 Å². The Morgan fingerprint density at radius 2 is 2.10 bits per heavy atom. The summed E-state index contributed by atoms with van der Waals surface area (Å²) in [5.41, 5.74) is 2.10. The van der Waals surface area contributed by atoms with Gasteiger partial charge >= 0.3 is 5.97 Å². The minimum Gasteiger partial charge on any atom is -0.481 e. The molecule has 0 spiro atoms. The van der Waals surface area contributed by atoms with Crippen LogP contribution in [-0.4, -0.2) is 16.1 Å². The Bertz CT molecular complexity index is 917. The summed E-state index contributed by atoms with van der Waals surface area (Å²) in [5, 5.41) is 10.7. The van der Waals surface area contributed by atoms with Crippen molar-refractivity contribution < 1.29 is 18.7 Å². The minimum atomic E-state index is -0.840. The molecule has 2 aliphatic rings. The molecule has 0 saturated heterocycles. The lowest BCUT2D eigenvalue weighted by Gasteiger charge is -2.04. The summed E-state index contributed by atoms with van der Waals surface area (Å²) >= 11 is 0. The number of aromatic nitrogens is 1. The fraction of sp³-hybridized carbons (Fsp3) is 0.125. The third-order valence-corrected chi connectivity index (χ3v) is 3.50. The van der Waals surface area contributed by atoms with Gasteiger partial charge in [-0.3, -0.25) is 4.79 Å². The Morgan fingerprint density at radius 3 is 2.57 bits per heavy atom. The van der Waals surface area contributed by atoms with Gasteiger partial charge in [-0.1, -0.05) is 18.2 Å². The Morgan fingerprint density at radius 1 is 1.29 bits per heavy atom. The fourth-order valence-electron chi connectivity index (χ4n) is 2.03. The molecule has 1 aromatic carbocycles. The molecule has 0 saturated carbocycles. The molecule has 0 bridgehead atoms. The Kier molecular flexibility index (Phi) is 3.17. The van der Waals surface area contributed by atoms with E-state index in [9.17, 15) is 9.18 Å². The number of benzene rings is 2. The van der Waals surface area contributed by atoms with E-state index in [2.05, 4.69) is 4.98 Å². The van der Waals surface area contributed by atoms with Crippen molar-refractivity contribution in [3.05, 3.63) is 64.6 Å². The molecule has 5 heteroatoms. The van der Waals surface area contributed by atoms with Crippen LogP contribution in [0.2, 0.25) is 0 Å². The molecule has 1 aromatic heterocycles. The van der Waals surface area contributed by atoms with E-state index in [1.807, 2.05) is 6.07 Å².